The number of rotatable bonds is 4. The van der Waals surface area contributed by atoms with E-state index in [4.69, 9.17) is 0 Å². The summed E-state index contributed by atoms with van der Waals surface area (Å²) in [6, 6.07) is 6.05. The van der Waals surface area contributed by atoms with Crippen LogP contribution in [0.1, 0.15) is 35.3 Å². The molecule has 0 unspecified atom stereocenters. The molecular weight excluding hydrogens is 308 g/mol. The van der Waals surface area contributed by atoms with Crippen molar-refractivity contribution in [2.75, 3.05) is 11.6 Å². The number of carbonyl (C=O) groups is 1. The van der Waals surface area contributed by atoms with Crippen LogP contribution in [-0.2, 0) is 9.84 Å². The van der Waals surface area contributed by atoms with Gasteiger partial charge in [-0.15, -0.1) is 11.3 Å². The molecule has 0 aliphatic rings. The normalized spacial score (nSPS) is 11.6. The van der Waals surface area contributed by atoms with Gasteiger partial charge in [-0.25, -0.2) is 13.4 Å². The molecule has 0 saturated heterocycles. The maximum atomic E-state index is 12.0. The molecule has 7 heteroatoms. The molecule has 1 heterocycles. The second-order valence-corrected chi connectivity index (χ2v) is 7.88. The standard InChI is InChI=1S/C14H16N2O3S2/c1-9(2)14-16-12(8-20-14)13(17)15-10-4-6-11(7-5-10)21(3,18)19/h4-9H,1-3H3,(H,15,17). The highest BCUT2D eigenvalue weighted by Crippen LogP contribution is 2.20. The molecule has 0 fully saturated rings. The SMILES string of the molecule is CC(C)c1nc(C(=O)Nc2ccc(S(C)(=O)=O)cc2)cs1. The molecule has 2 aromatic rings. The number of hydrogen-bond acceptors (Lipinski definition) is 5. The third-order valence-corrected chi connectivity index (χ3v) is 5.06. The summed E-state index contributed by atoms with van der Waals surface area (Å²) in [5.74, 6) is -0.0177. The zero-order valence-electron chi connectivity index (χ0n) is 12.0. The lowest BCUT2D eigenvalue weighted by Gasteiger charge is -2.04. The maximum absolute atomic E-state index is 12.0. The first kappa shape index (κ1) is 15.7. The zero-order chi connectivity index (χ0) is 15.6. The van der Waals surface area contributed by atoms with Crippen LogP contribution in [0.25, 0.3) is 0 Å². The van der Waals surface area contributed by atoms with Gasteiger partial charge in [0.25, 0.3) is 5.91 Å². The minimum Gasteiger partial charge on any atom is -0.321 e. The van der Waals surface area contributed by atoms with E-state index < -0.39 is 9.84 Å². The van der Waals surface area contributed by atoms with Crippen molar-refractivity contribution in [3.05, 3.63) is 40.3 Å². The quantitative estimate of drug-likeness (QED) is 0.938. The summed E-state index contributed by atoms with van der Waals surface area (Å²) in [6.07, 6.45) is 1.14. The van der Waals surface area contributed by atoms with Gasteiger partial charge in [-0.2, -0.15) is 0 Å². The molecule has 0 spiro atoms. The smallest absolute Gasteiger partial charge is 0.275 e. The number of hydrogen-bond donors (Lipinski definition) is 1. The Labute approximate surface area is 128 Å². The molecule has 0 aliphatic heterocycles. The van der Waals surface area contributed by atoms with E-state index in [1.807, 2.05) is 13.8 Å². The molecule has 0 aliphatic carbocycles. The highest BCUT2D eigenvalue weighted by molar-refractivity contribution is 7.90. The van der Waals surface area contributed by atoms with Gasteiger partial charge in [0.1, 0.15) is 5.69 Å². The molecule has 1 aromatic carbocycles. The minimum absolute atomic E-state index is 0.219. The molecule has 5 nitrogen and oxygen atoms in total. The van der Waals surface area contributed by atoms with Crippen molar-refractivity contribution < 1.29 is 13.2 Å². The topological polar surface area (TPSA) is 76.1 Å². The number of nitrogens with one attached hydrogen (secondary N) is 1. The van der Waals surface area contributed by atoms with Crippen LogP contribution in [0.5, 0.6) is 0 Å². The van der Waals surface area contributed by atoms with Gasteiger partial charge in [0, 0.05) is 23.2 Å². The average Bonchev–Trinajstić information content (AvgIpc) is 2.88. The van der Waals surface area contributed by atoms with Crippen molar-refractivity contribution in [1.82, 2.24) is 4.98 Å². The Morgan fingerprint density at radius 1 is 1.24 bits per heavy atom. The van der Waals surface area contributed by atoms with Gasteiger partial charge in [0.2, 0.25) is 0 Å². The Balaban J connectivity index is 2.12. The number of aromatic nitrogens is 1. The largest absolute Gasteiger partial charge is 0.321 e. The van der Waals surface area contributed by atoms with Crippen molar-refractivity contribution in [3.63, 3.8) is 0 Å². The molecule has 0 radical (unpaired) electrons. The lowest BCUT2D eigenvalue weighted by Crippen LogP contribution is -2.12. The third-order valence-electron chi connectivity index (χ3n) is 2.79. The van der Waals surface area contributed by atoms with Gasteiger partial charge in [0.15, 0.2) is 9.84 Å². The van der Waals surface area contributed by atoms with Crippen LogP contribution in [0, 0.1) is 0 Å². The van der Waals surface area contributed by atoms with Gasteiger partial charge in [-0.3, -0.25) is 4.79 Å². The Morgan fingerprint density at radius 2 is 1.86 bits per heavy atom. The van der Waals surface area contributed by atoms with Crippen LogP contribution >= 0.6 is 11.3 Å². The van der Waals surface area contributed by atoms with Crippen LogP contribution in [0.4, 0.5) is 5.69 Å². The Bertz CT molecular complexity index is 747. The van der Waals surface area contributed by atoms with E-state index >= 15 is 0 Å². The summed E-state index contributed by atoms with van der Waals surface area (Å²) in [6.45, 7) is 4.04. The molecule has 1 aromatic heterocycles. The highest BCUT2D eigenvalue weighted by atomic mass is 32.2. The van der Waals surface area contributed by atoms with E-state index in [1.54, 1.807) is 17.5 Å². The van der Waals surface area contributed by atoms with Crippen molar-refractivity contribution in [1.29, 1.82) is 0 Å². The second-order valence-electron chi connectivity index (χ2n) is 4.98. The lowest BCUT2D eigenvalue weighted by molar-refractivity contribution is 0.102. The van der Waals surface area contributed by atoms with Gasteiger partial charge in [-0.1, -0.05) is 13.8 Å². The summed E-state index contributed by atoms with van der Waals surface area (Å²) >= 11 is 1.45. The third kappa shape index (κ3) is 3.89. The van der Waals surface area contributed by atoms with Crippen LogP contribution in [0.3, 0.4) is 0 Å². The number of benzene rings is 1. The van der Waals surface area contributed by atoms with E-state index in [0.29, 0.717) is 11.4 Å². The summed E-state index contributed by atoms with van der Waals surface area (Å²) in [5.41, 5.74) is 0.905. The van der Waals surface area contributed by atoms with Gasteiger partial charge >= 0.3 is 0 Å². The van der Waals surface area contributed by atoms with E-state index in [-0.39, 0.29) is 16.7 Å². The summed E-state index contributed by atoms with van der Waals surface area (Å²) in [5, 5.41) is 5.33. The molecule has 0 saturated carbocycles. The molecule has 21 heavy (non-hydrogen) atoms. The molecule has 2 rings (SSSR count). The molecule has 1 N–H and O–H groups in total. The number of thiazole rings is 1. The van der Waals surface area contributed by atoms with Crippen LogP contribution < -0.4 is 5.32 Å². The summed E-state index contributed by atoms with van der Waals surface area (Å²) < 4.78 is 22.7. The fraction of sp³-hybridized carbons (Fsp3) is 0.286. The first-order valence-electron chi connectivity index (χ1n) is 6.34. The molecule has 112 valence electrons. The minimum atomic E-state index is -3.23. The van der Waals surface area contributed by atoms with Crippen molar-refractivity contribution in [2.45, 2.75) is 24.7 Å². The van der Waals surface area contributed by atoms with E-state index in [2.05, 4.69) is 10.3 Å². The van der Waals surface area contributed by atoms with Crippen LogP contribution in [0.2, 0.25) is 0 Å². The predicted molar refractivity (Wildman–Crippen MR) is 83.7 cm³/mol. The van der Waals surface area contributed by atoms with E-state index in [1.165, 1.54) is 23.5 Å². The fourth-order valence-electron chi connectivity index (χ4n) is 1.64. The van der Waals surface area contributed by atoms with Crippen molar-refractivity contribution in [3.8, 4) is 0 Å². The van der Waals surface area contributed by atoms with Gasteiger partial charge in [-0.05, 0) is 24.3 Å². The van der Waals surface area contributed by atoms with Gasteiger partial charge in [0.05, 0.1) is 9.90 Å². The fourth-order valence-corrected chi connectivity index (χ4v) is 3.08. The van der Waals surface area contributed by atoms with Crippen molar-refractivity contribution >= 4 is 32.8 Å². The first-order chi connectivity index (χ1) is 9.77. The second kappa shape index (κ2) is 5.95. The number of sulfone groups is 1. The zero-order valence-corrected chi connectivity index (χ0v) is 13.6. The molecular formula is C14H16N2O3S2. The number of carbonyl (C=O) groups excluding carboxylic acids is 1. The molecule has 1 amide bonds. The number of amides is 1. The number of nitrogens with zero attached hydrogens (tertiary/aromatic N) is 1. The predicted octanol–water partition coefficient (Wildman–Crippen LogP) is 2.92. The Morgan fingerprint density at radius 3 is 2.33 bits per heavy atom. The first-order valence-corrected chi connectivity index (χ1v) is 9.11. The Hall–Kier alpha value is -1.73. The van der Waals surface area contributed by atoms with Crippen LogP contribution in [-0.4, -0.2) is 25.6 Å². The maximum Gasteiger partial charge on any atom is 0.275 e. The lowest BCUT2D eigenvalue weighted by atomic mass is 10.2. The van der Waals surface area contributed by atoms with E-state index in [9.17, 15) is 13.2 Å². The molecule has 0 atom stereocenters. The van der Waals surface area contributed by atoms with Crippen LogP contribution in [0.15, 0.2) is 34.5 Å². The number of anilines is 1. The highest BCUT2D eigenvalue weighted by Gasteiger charge is 2.13. The summed E-state index contributed by atoms with van der Waals surface area (Å²) in [7, 11) is -3.23. The monoisotopic (exact) mass is 324 g/mol. The Kier molecular flexibility index (Phi) is 4.43. The molecule has 0 bridgehead atoms. The van der Waals surface area contributed by atoms with Gasteiger partial charge < -0.3 is 5.32 Å². The average molecular weight is 324 g/mol. The van der Waals surface area contributed by atoms with Crippen molar-refractivity contribution in [2.24, 2.45) is 0 Å². The van der Waals surface area contributed by atoms with E-state index in [0.717, 1.165) is 11.3 Å². The summed E-state index contributed by atoms with van der Waals surface area (Å²) in [4.78, 5) is 16.5.